The minimum absolute atomic E-state index is 0.898. The Hall–Kier alpha value is -1.43. The number of hydrogen-bond donors (Lipinski definition) is 0. The second-order valence-electron chi connectivity index (χ2n) is 4.99. The van der Waals surface area contributed by atoms with Gasteiger partial charge in [0.05, 0.1) is 7.77 Å². The average molecular weight is 270 g/mol. The maximum atomic E-state index is 12.6. The minimum Gasteiger partial charge on any atom is -0.626 e. The van der Waals surface area contributed by atoms with Crippen LogP contribution in [-0.4, -0.2) is 5.29 Å². The zero-order valence-electron chi connectivity index (χ0n) is 11.9. The Morgan fingerprint density at radius 3 is 2.00 bits per heavy atom. The van der Waals surface area contributed by atoms with Crippen molar-refractivity contribution in [3.05, 3.63) is 64.7 Å². The SMILES string of the molecule is CC(c1c(C)cc(C)cc1C)=[P+]([O-])c1ccccc1. The molecule has 0 aliphatic rings. The van der Waals surface area contributed by atoms with Gasteiger partial charge >= 0.3 is 0 Å². The van der Waals surface area contributed by atoms with Gasteiger partial charge in [0.2, 0.25) is 0 Å². The highest BCUT2D eigenvalue weighted by Crippen LogP contribution is 2.24. The third kappa shape index (κ3) is 2.94. The molecule has 0 spiro atoms. The summed E-state index contributed by atoms with van der Waals surface area (Å²) in [6.45, 7) is 8.26. The second kappa shape index (κ2) is 5.69. The predicted octanol–water partition coefficient (Wildman–Crippen LogP) is 3.23. The first-order valence-corrected chi connectivity index (χ1v) is 7.70. The van der Waals surface area contributed by atoms with E-state index < -0.39 is 7.77 Å². The van der Waals surface area contributed by atoms with Crippen LogP contribution in [0.2, 0.25) is 0 Å². The average Bonchev–Trinajstić information content (AvgIpc) is 2.37. The molecule has 0 bridgehead atoms. The van der Waals surface area contributed by atoms with Gasteiger partial charge in [-0.05, 0) is 44.0 Å². The molecule has 0 N–H and O–H groups in total. The molecule has 0 fully saturated rings. The van der Waals surface area contributed by atoms with Crippen LogP contribution in [0.3, 0.4) is 0 Å². The Bertz CT molecular complexity index is 604. The third-order valence-corrected chi connectivity index (χ3v) is 4.93. The van der Waals surface area contributed by atoms with Crippen LogP contribution in [0.5, 0.6) is 0 Å². The normalized spacial score (nSPS) is 12.3. The molecule has 1 nitrogen and oxygen atoms in total. The van der Waals surface area contributed by atoms with E-state index >= 15 is 0 Å². The highest BCUT2D eigenvalue weighted by atomic mass is 31.1. The van der Waals surface area contributed by atoms with Crippen molar-refractivity contribution in [2.75, 3.05) is 0 Å². The fourth-order valence-corrected chi connectivity index (χ4v) is 4.00. The van der Waals surface area contributed by atoms with E-state index in [-0.39, 0.29) is 0 Å². The molecule has 2 heteroatoms. The summed E-state index contributed by atoms with van der Waals surface area (Å²) in [4.78, 5) is 12.6. The summed E-state index contributed by atoms with van der Waals surface area (Å²) in [5.74, 6) is 0. The zero-order chi connectivity index (χ0) is 14.0. The van der Waals surface area contributed by atoms with Crippen molar-refractivity contribution in [3.63, 3.8) is 0 Å². The first-order valence-electron chi connectivity index (χ1n) is 6.45. The van der Waals surface area contributed by atoms with Crippen molar-refractivity contribution in [2.24, 2.45) is 0 Å². The van der Waals surface area contributed by atoms with Gasteiger partial charge in [-0.15, -0.1) is 0 Å². The maximum Gasteiger partial charge on any atom is 0.145 e. The van der Waals surface area contributed by atoms with E-state index in [4.69, 9.17) is 0 Å². The summed E-state index contributed by atoms with van der Waals surface area (Å²) < 4.78 is 0. The summed E-state index contributed by atoms with van der Waals surface area (Å²) in [7, 11) is -1.49. The van der Waals surface area contributed by atoms with Crippen LogP contribution in [0, 0.1) is 20.8 Å². The van der Waals surface area contributed by atoms with Crippen LogP contribution < -0.4 is 10.2 Å². The molecule has 0 amide bonds. The van der Waals surface area contributed by atoms with Crippen LogP contribution in [0.25, 0.3) is 0 Å². The summed E-state index contributed by atoms with van der Waals surface area (Å²) >= 11 is 0. The Balaban J connectivity index is 2.59. The molecule has 2 rings (SSSR count). The molecule has 0 saturated carbocycles. The topological polar surface area (TPSA) is 23.1 Å². The van der Waals surface area contributed by atoms with Crippen molar-refractivity contribution >= 4 is 18.4 Å². The largest absolute Gasteiger partial charge is 0.626 e. The fraction of sp³-hybridized carbons (Fsp3) is 0.235. The van der Waals surface area contributed by atoms with E-state index in [0.717, 1.165) is 16.2 Å². The summed E-state index contributed by atoms with van der Waals surface area (Å²) in [6, 6.07) is 14.0. The molecule has 19 heavy (non-hydrogen) atoms. The lowest BCUT2D eigenvalue weighted by molar-refractivity contribution is -0.149. The van der Waals surface area contributed by atoms with Gasteiger partial charge in [0, 0.05) is 12.5 Å². The smallest absolute Gasteiger partial charge is 0.145 e. The van der Waals surface area contributed by atoms with Gasteiger partial charge in [0.15, 0.2) is 0 Å². The molecule has 0 saturated heterocycles. The Labute approximate surface area is 116 Å². The molecule has 2 aromatic carbocycles. The third-order valence-electron chi connectivity index (χ3n) is 3.33. The summed E-state index contributed by atoms with van der Waals surface area (Å²) in [5, 5.41) is 1.87. The fourth-order valence-electron chi connectivity index (χ4n) is 2.61. The van der Waals surface area contributed by atoms with Gasteiger partial charge < -0.3 is 4.89 Å². The lowest BCUT2D eigenvalue weighted by Gasteiger charge is -2.11. The Morgan fingerprint density at radius 2 is 1.47 bits per heavy atom. The van der Waals surface area contributed by atoms with Crippen molar-refractivity contribution in [2.45, 2.75) is 27.7 Å². The van der Waals surface area contributed by atoms with Gasteiger partial charge in [0.1, 0.15) is 10.6 Å². The monoisotopic (exact) mass is 270 g/mol. The standard InChI is InChI=1S/C17H19OP/c1-12-10-13(2)17(14(3)11-12)15(4)19(18)16-8-6-5-7-9-16/h5-11H,1-4H3. The minimum atomic E-state index is -1.49. The van der Waals surface area contributed by atoms with Crippen molar-refractivity contribution in [1.82, 2.24) is 0 Å². The molecular weight excluding hydrogens is 251 g/mol. The molecule has 0 aromatic heterocycles. The lowest BCUT2D eigenvalue weighted by Crippen LogP contribution is -2.13. The number of hydrogen-bond acceptors (Lipinski definition) is 1. The van der Waals surface area contributed by atoms with Crippen LogP contribution >= 0.6 is 7.77 Å². The molecule has 0 aliphatic heterocycles. The van der Waals surface area contributed by atoms with Gasteiger partial charge in [0.25, 0.3) is 0 Å². The predicted molar refractivity (Wildman–Crippen MR) is 83.4 cm³/mol. The Morgan fingerprint density at radius 1 is 0.947 bits per heavy atom. The molecule has 1 atom stereocenters. The molecule has 0 heterocycles. The van der Waals surface area contributed by atoms with E-state index in [2.05, 4.69) is 32.9 Å². The summed E-state index contributed by atoms with van der Waals surface area (Å²) in [5.41, 5.74) is 4.81. The van der Waals surface area contributed by atoms with Crippen molar-refractivity contribution < 1.29 is 4.89 Å². The van der Waals surface area contributed by atoms with Gasteiger partial charge in [-0.2, -0.15) is 0 Å². The highest BCUT2D eigenvalue weighted by Gasteiger charge is 2.15. The highest BCUT2D eigenvalue weighted by molar-refractivity contribution is 7.60. The van der Waals surface area contributed by atoms with Crippen LogP contribution in [0.15, 0.2) is 42.5 Å². The molecule has 0 radical (unpaired) electrons. The first kappa shape index (κ1) is 14.0. The number of aryl methyl sites for hydroxylation is 3. The second-order valence-corrected chi connectivity index (χ2v) is 6.77. The van der Waals surface area contributed by atoms with E-state index in [1.165, 1.54) is 16.7 Å². The van der Waals surface area contributed by atoms with Crippen molar-refractivity contribution in [3.8, 4) is 0 Å². The van der Waals surface area contributed by atoms with E-state index in [1.54, 1.807) is 0 Å². The van der Waals surface area contributed by atoms with Crippen LogP contribution in [0.4, 0.5) is 0 Å². The van der Waals surface area contributed by atoms with E-state index in [1.807, 2.05) is 37.3 Å². The van der Waals surface area contributed by atoms with Gasteiger partial charge in [-0.25, -0.2) is 0 Å². The number of benzene rings is 2. The molecule has 98 valence electrons. The van der Waals surface area contributed by atoms with Crippen molar-refractivity contribution in [1.29, 1.82) is 0 Å². The zero-order valence-corrected chi connectivity index (χ0v) is 12.8. The molecule has 1 unspecified atom stereocenters. The molecular formula is C17H19OP. The van der Waals surface area contributed by atoms with Gasteiger partial charge in [-0.1, -0.05) is 35.9 Å². The Kier molecular flexibility index (Phi) is 4.19. The van der Waals surface area contributed by atoms with Gasteiger partial charge in [-0.3, -0.25) is 0 Å². The lowest BCUT2D eigenvalue weighted by atomic mass is 9.98. The summed E-state index contributed by atoms with van der Waals surface area (Å²) in [6.07, 6.45) is 0. The van der Waals surface area contributed by atoms with Crippen LogP contribution in [-0.2, 0) is 0 Å². The molecule has 2 aromatic rings. The number of rotatable bonds is 2. The van der Waals surface area contributed by atoms with Crippen LogP contribution in [0.1, 0.15) is 29.2 Å². The quantitative estimate of drug-likeness (QED) is 0.768. The first-order chi connectivity index (χ1) is 9.00. The maximum absolute atomic E-state index is 12.6. The molecule has 0 aliphatic carbocycles. The van der Waals surface area contributed by atoms with E-state index in [0.29, 0.717) is 0 Å². The van der Waals surface area contributed by atoms with E-state index in [9.17, 15) is 4.89 Å².